The molecule has 1 aliphatic carbocycles. The molecule has 0 saturated heterocycles. The lowest BCUT2D eigenvalue weighted by atomic mass is 10.0. The lowest BCUT2D eigenvalue weighted by Gasteiger charge is -2.21. The zero-order valence-corrected chi connectivity index (χ0v) is 17.1. The summed E-state index contributed by atoms with van der Waals surface area (Å²) >= 11 is 0. The van der Waals surface area contributed by atoms with Gasteiger partial charge in [-0.25, -0.2) is 9.37 Å². The van der Waals surface area contributed by atoms with Crippen molar-refractivity contribution in [1.29, 1.82) is 0 Å². The SMILES string of the molecule is NC(=O)c1ccc(-c2cc3c(cc2F)nc2n3[C@@H](c3ccccc3OC(F)F)C3C[C@@H]23)cn1. The summed E-state index contributed by atoms with van der Waals surface area (Å²) in [5.74, 6) is 0.238. The number of fused-ring (bicyclic) bond motifs is 5. The minimum Gasteiger partial charge on any atom is -0.434 e. The van der Waals surface area contributed by atoms with Gasteiger partial charge in [0.2, 0.25) is 0 Å². The first-order valence-electron chi connectivity index (χ1n) is 10.4. The van der Waals surface area contributed by atoms with E-state index in [9.17, 15) is 18.0 Å². The van der Waals surface area contributed by atoms with Crippen LogP contribution in [0.5, 0.6) is 5.75 Å². The van der Waals surface area contributed by atoms with Gasteiger partial charge in [0.05, 0.1) is 17.1 Å². The molecule has 2 aromatic carbocycles. The van der Waals surface area contributed by atoms with Gasteiger partial charge in [-0.3, -0.25) is 9.78 Å². The third-order valence-electron chi connectivity index (χ3n) is 6.44. The maximum Gasteiger partial charge on any atom is 0.387 e. The van der Waals surface area contributed by atoms with Gasteiger partial charge < -0.3 is 15.0 Å². The number of primary amides is 1. The molecular formula is C24H17F3N4O2. The predicted molar refractivity (Wildman–Crippen MR) is 114 cm³/mol. The number of alkyl halides is 2. The summed E-state index contributed by atoms with van der Waals surface area (Å²) in [6, 6.07) is 12.6. The number of imidazole rings is 1. The van der Waals surface area contributed by atoms with Gasteiger partial charge in [-0.1, -0.05) is 24.3 Å². The Balaban J connectivity index is 1.50. The first kappa shape index (κ1) is 19.8. The van der Waals surface area contributed by atoms with Crippen LogP contribution in [0.4, 0.5) is 13.2 Å². The number of carbonyl (C=O) groups excluding carboxylic acids is 1. The third-order valence-corrected chi connectivity index (χ3v) is 6.44. The Labute approximate surface area is 185 Å². The Morgan fingerprint density at radius 1 is 1.18 bits per heavy atom. The molecule has 1 unspecified atom stereocenters. The highest BCUT2D eigenvalue weighted by molar-refractivity contribution is 5.91. The van der Waals surface area contributed by atoms with E-state index in [-0.39, 0.29) is 29.3 Å². The molecule has 3 atom stereocenters. The number of amides is 1. The standard InChI is InChI=1S/C24H17F3N4O2/c25-16-9-18-19(8-13(16)11-5-6-17(22(28)32)29-10-11)31-21(14-7-15(14)23(31)30-18)12-3-1-2-4-20(12)33-24(26)27/h1-6,8-10,14-15,21,24H,7H2,(H2,28,32)/t14?,15-,21+/m1/s1. The molecule has 3 heterocycles. The Morgan fingerprint density at radius 3 is 2.73 bits per heavy atom. The summed E-state index contributed by atoms with van der Waals surface area (Å²) in [5.41, 5.74) is 7.95. The van der Waals surface area contributed by atoms with Crippen molar-refractivity contribution in [3.63, 3.8) is 0 Å². The fraction of sp³-hybridized carbons (Fsp3) is 0.208. The van der Waals surface area contributed by atoms with E-state index in [4.69, 9.17) is 10.5 Å². The number of para-hydroxylation sites is 1. The van der Waals surface area contributed by atoms with E-state index < -0.39 is 18.3 Å². The van der Waals surface area contributed by atoms with E-state index in [1.54, 1.807) is 30.3 Å². The zero-order valence-electron chi connectivity index (χ0n) is 17.1. The molecule has 2 N–H and O–H groups in total. The van der Waals surface area contributed by atoms with Crippen LogP contribution in [0.2, 0.25) is 0 Å². The van der Waals surface area contributed by atoms with E-state index in [1.807, 2.05) is 4.57 Å². The van der Waals surface area contributed by atoms with Crippen molar-refractivity contribution in [3.05, 3.63) is 77.6 Å². The summed E-state index contributed by atoms with van der Waals surface area (Å²) in [6.07, 6.45) is 2.29. The number of hydrogen-bond donors (Lipinski definition) is 1. The lowest BCUT2D eigenvalue weighted by molar-refractivity contribution is -0.0507. The number of rotatable bonds is 5. The summed E-state index contributed by atoms with van der Waals surface area (Å²) in [5, 5.41) is 0. The monoisotopic (exact) mass is 450 g/mol. The maximum atomic E-state index is 15.0. The van der Waals surface area contributed by atoms with Gasteiger partial charge in [0.25, 0.3) is 5.91 Å². The minimum atomic E-state index is -2.93. The molecule has 166 valence electrons. The van der Waals surface area contributed by atoms with Crippen molar-refractivity contribution in [2.24, 2.45) is 11.7 Å². The molecular weight excluding hydrogens is 433 g/mol. The Morgan fingerprint density at radius 2 is 2.00 bits per heavy atom. The van der Waals surface area contributed by atoms with Gasteiger partial charge >= 0.3 is 6.61 Å². The maximum absolute atomic E-state index is 15.0. The topological polar surface area (TPSA) is 83.0 Å². The number of nitrogens with two attached hydrogens (primary N) is 1. The normalized spacial score (nSPS) is 20.7. The second kappa shape index (κ2) is 7.06. The minimum absolute atomic E-state index is 0.0845. The second-order valence-corrected chi connectivity index (χ2v) is 8.32. The average molecular weight is 450 g/mol. The number of ether oxygens (including phenoxy) is 1. The fourth-order valence-corrected chi connectivity index (χ4v) is 4.96. The van der Waals surface area contributed by atoms with Gasteiger partial charge in [-0.15, -0.1) is 0 Å². The predicted octanol–water partition coefficient (Wildman–Crippen LogP) is 4.64. The number of nitrogens with zero attached hydrogens (tertiary/aromatic N) is 3. The van der Waals surface area contributed by atoms with E-state index in [0.29, 0.717) is 27.7 Å². The quantitative estimate of drug-likeness (QED) is 0.480. The van der Waals surface area contributed by atoms with Crippen LogP contribution in [0.25, 0.3) is 22.2 Å². The van der Waals surface area contributed by atoms with E-state index in [2.05, 4.69) is 9.97 Å². The Bertz CT molecular complexity index is 1420. The molecule has 33 heavy (non-hydrogen) atoms. The third kappa shape index (κ3) is 3.06. The van der Waals surface area contributed by atoms with Crippen LogP contribution < -0.4 is 10.5 Å². The fourth-order valence-electron chi connectivity index (χ4n) is 4.96. The van der Waals surface area contributed by atoms with Gasteiger partial charge in [0.1, 0.15) is 23.1 Å². The van der Waals surface area contributed by atoms with E-state index in [0.717, 1.165) is 12.2 Å². The molecule has 1 amide bonds. The molecule has 1 aliphatic heterocycles. The molecule has 0 bridgehead atoms. The molecule has 0 radical (unpaired) electrons. The van der Waals surface area contributed by atoms with Crippen LogP contribution >= 0.6 is 0 Å². The summed E-state index contributed by atoms with van der Waals surface area (Å²) < 4.78 is 47.9. The molecule has 0 spiro atoms. The van der Waals surface area contributed by atoms with Gasteiger partial charge in [0, 0.05) is 34.9 Å². The number of aromatic nitrogens is 3. The summed E-state index contributed by atoms with van der Waals surface area (Å²) in [7, 11) is 0. The molecule has 4 aromatic rings. The van der Waals surface area contributed by atoms with Crippen molar-refractivity contribution in [3.8, 4) is 16.9 Å². The molecule has 6 nitrogen and oxygen atoms in total. The summed E-state index contributed by atoms with van der Waals surface area (Å²) in [6.45, 7) is -2.93. The average Bonchev–Trinajstić information content (AvgIpc) is 3.39. The molecule has 9 heteroatoms. The van der Waals surface area contributed by atoms with Crippen molar-refractivity contribution in [2.45, 2.75) is 25.0 Å². The highest BCUT2D eigenvalue weighted by Crippen LogP contribution is 2.63. The van der Waals surface area contributed by atoms with Crippen molar-refractivity contribution in [2.75, 3.05) is 0 Å². The van der Waals surface area contributed by atoms with Gasteiger partial charge in [-0.05, 0) is 30.5 Å². The van der Waals surface area contributed by atoms with Crippen LogP contribution in [-0.2, 0) is 0 Å². The van der Waals surface area contributed by atoms with Crippen LogP contribution in [0, 0.1) is 11.7 Å². The Kier molecular flexibility index (Phi) is 4.23. The first-order chi connectivity index (χ1) is 15.9. The lowest BCUT2D eigenvalue weighted by Crippen LogP contribution is -2.13. The summed E-state index contributed by atoms with van der Waals surface area (Å²) in [4.78, 5) is 20.0. The van der Waals surface area contributed by atoms with Crippen LogP contribution in [0.1, 0.15) is 40.3 Å². The van der Waals surface area contributed by atoms with Gasteiger partial charge in [-0.2, -0.15) is 8.78 Å². The number of benzene rings is 2. The smallest absolute Gasteiger partial charge is 0.387 e. The second-order valence-electron chi connectivity index (χ2n) is 8.32. The molecule has 2 aromatic heterocycles. The van der Waals surface area contributed by atoms with Crippen LogP contribution in [0.15, 0.2) is 54.7 Å². The highest BCUT2D eigenvalue weighted by atomic mass is 19.3. The van der Waals surface area contributed by atoms with Crippen LogP contribution in [0.3, 0.4) is 0 Å². The molecule has 1 fully saturated rings. The van der Waals surface area contributed by atoms with Gasteiger partial charge in [0.15, 0.2) is 0 Å². The van der Waals surface area contributed by atoms with Crippen molar-refractivity contribution >= 4 is 16.9 Å². The first-order valence-corrected chi connectivity index (χ1v) is 10.4. The number of pyridine rings is 1. The molecule has 6 rings (SSSR count). The number of halogens is 3. The van der Waals surface area contributed by atoms with Crippen molar-refractivity contribution in [1.82, 2.24) is 14.5 Å². The highest BCUT2D eigenvalue weighted by Gasteiger charge is 2.55. The number of hydrogen-bond acceptors (Lipinski definition) is 4. The molecule has 1 saturated carbocycles. The Hall–Kier alpha value is -3.88. The zero-order chi connectivity index (χ0) is 22.9. The van der Waals surface area contributed by atoms with E-state index in [1.165, 1.54) is 24.4 Å². The number of carbonyl (C=O) groups is 1. The van der Waals surface area contributed by atoms with Crippen molar-refractivity contribution < 1.29 is 22.7 Å². The van der Waals surface area contributed by atoms with Crippen LogP contribution in [-0.4, -0.2) is 27.1 Å². The van der Waals surface area contributed by atoms with E-state index >= 15 is 0 Å². The molecule has 2 aliphatic rings. The largest absolute Gasteiger partial charge is 0.434 e.